The highest BCUT2D eigenvalue weighted by Crippen LogP contribution is 2.28. The van der Waals surface area contributed by atoms with Crippen LogP contribution >= 0.6 is 0 Å². The van der Waals surface area contributed by atoms with Crippen molar-refractivity contribution in [3.63, 3.8) is 0 Å². The fraction of sp³-hybridized carbons (Fsp3) is 0.333. The third kappa shape index (κ3) is 3.63. The van der Waals surface area contributed by atoms with Crippen LogP contribution in [0.15, 0.2) is 54.6 Å². The molecule has 1 aliphatic rings. The Bertz CT molecular complexity index is 570. The van der Waals surface area contributed by atoms with E-state index in [1.165, 1.54) is 11.1 Å². The molecule has 0 amide bonds. The topological polar surface area (TPSA) is 41.5 Å². The average molecular weight is 283 g/mol. The molecule has 3 rings (SSSR count). The zero-order chi connectivity index (χ0) is 14.5. The lowest BCUT2D eigenvalue weighted by Crippen LogP contribution is -2.41. The molecule has 0 radical (unpaired) electrons. The Labute approximate surface area is 125 Å². The molecule has 1 aliphatic heterocycles. The SMILES string of the molecule is O[C@@H](CNCc1ccccc1)[C@H]1CCc2ccccc2O1. The van der Waals surface area contributed by atoms with E-state index in [1.807, 2.05) is 36.4 Å². The van der Waals surface area contributed by atoms with Gasteiger partial charge in [0.15, 0.2) is 0 Å². The van der Waals surface area contributed by atoms with Crippen molar-refractivity contribution >= 4 is 0 Å². The number of nitrogens with one attached hydrogen (secondary N) is 1. The Hall–Kier alpha value is -1.84. The highest BCUT2D eigenvalue weighted by atomic mass is 16.5. The summed E-state index contributed by atoms with van der Waals surface area (Å²) >= 11 is 0. The van der Waals surface area contributed by atoms with Gasteiger partial charge in [0.2, 0.25) is 0 Å². The number of rotatable bonds is 5. The van der Waals surface area contributed by atoms with Crippen LogP contribution in [0.5, 0.6) is 5.75 Å². The molecule has 0 saturated heterocycles. The molecular weight excluding hydrogens is 262 g/mol. The first kappa shape index (κ1) is 14.1. The molecule has 110 valence electrons. The second-order valence-corrected chi connectivity index (χ2v) is 5.49. The van der Waals surface area contributed by atoms with Gasteiger partial charge in [-0.15, -0.1) is 0 Å². The van der Waals surface area contributed by atoms with Crippen LogP contribution < -0.4 is 10.1 Å². The van der Waals surface area contributed by atoms with Crippen molar-refractivity contribution in [3.05, 3.63) is 65.7 Å². The van der Waals surface area contributed by atoms with Gasteiger partial charge in [0, 0.05) is 13.1 Å². The fourth-order valence-corrected chi connectivity index (χ4v) is 2.71. The van der Waals surface area contributed by atoms with Crippen LogP contribution in [-0.2, 0) is 13.0 Å². The molecule has 0 unspecified atom stereocenters. The Morgan fingerprint density at radius 2 is 1.86 bits per heavy atom. The second-order valence-electron chi connectivity index (χ2n) is 5.49. The minimum absolute atomic E-state index is 0.122. The molecule has 3 nitrogen and oxygen atoms in total. The van der Waals surface area contributed by atoms with E-state index >= 15 is 0 Å². The van der Waals surface area contributed by atoms with Gasteiger partial charge in [-0.05, 0) is 30.0 Å². The van der Waals surface area contributed by atoms with E-state index in [2.05, 4.69) is 23.5 Å². The van der Waals surface area contributed by atoms with E-state index in [4.69, 9.17) is 4.74 Å². The number of aliphatic hydroxyl groups is 1. The minimum atomic E-state index is -0.484. The van der Waals surface area contributed by atoms with Gasteiger partial charge in [-0.2, -0.15) is 0 Å². The maximum absolute atomic E-state index is 10.3. The summed E-state index contributed by atoms with van der Waals surface area (Å²) in [6, 6.07) is 18.3. The molecule has 1 heterocycles. The number of hydrogen-bond donors (Lipinski definition) is 2. The van der Waals surface area contributed by atoms with E-state index in [0.717, 1.165) is 25.1 Å². The Balaban J connectivity index is 1.49. The Morgan fingerprint density at radius 3 is 2.71 bits per heavy atom. The molecule has 0 saturated carbocycles. The maximum Gasteiger partial charge on any atom is 0.126 e. The zero-order valence-electron chi connectivity index (χ0n) is 12.0. The van der Waals surface area contributed by atoms with Gasteiger partial charge in [-0.1, -0.05) is 48.5 Å². The summed E-state index contributed by atoms with van der Waals surface area (Å²) in [5.41, 5.74) is 2.46. The Kier molecular flexibility index (Phi) is 4.53. The van der Waals surface area contributed by atoms with Crippen LogP contribution in [0, 0.1) is 0 Å². The number of hydrogen-bond acceptors (Lipinski definition) is 3. The van der Waals surface area contributed by atoms with Gasteiger partial charge in [-0.25, -0.2) is 0 Å². The number of aliphatic hydroxyl groups excluding tert-OH is 1. The maximum atomic E-state index is 10.3. The standard InChI is InChI=1S/C18H21NO2/c20-16(13-19-12-14-6-2-1-3-7-14)18-11-10-15-8-4-5-9-17(15)21-18/h1-9,16,18-20H,10-13H2/t16-,18+/m0/s1. The summed E-state index contributed by atoms with van der Waals surface area (Å²) in [6.07, 6.45) is 1.23. The number of aryl methyl sites for hydroxylation is 1. The van der Waals surface area contributed by atoms with Crippen molar-refractivity contribution < 1.29 is 9.84 Å². The first-order valence-electron chi connectivity index (χ1n) is 7.50. The van der Waals surface area contributed by atoms with Crippen LogP contribution in [0.25, 0.3) is 0 Å². The molecule has 2 atom stereocenters. The lowest BCUT2D eigenvalue weighted by molar-refractivity contribution is 0.0244. The lowest BCUT2D eigenvalue weighted by Gasteiger charge is -2.29. The number of fused-ring (bicyclic) bond motifs is 1. The van der Waals surface area contributed by atoms with Crippen LogP contribution in [0.3, 0.4) is 0 Å². The average Bonchev–Trinajstić information content (AvgIpc) is 2.55. The normalized spacial score (nSPS) is 18.6. The van der Waals surface area contributed by atoms with E-state index < -0.39 is 6.10 Å². The molecule has 3 heteroatoms. The van der Waals surface area contributed by atoms with Crippen LogP contribution in [-0.4, -0.2) is 23.9 Å². The van der Waals surface area contributed by atoms with Gasteiger partial charge in [0.25, 0.3) is 0 Å². The highest BCUT2D eigenvalue weighted by molar-refractivity contribution is 5.35. The van der Waals surface area contributed by atoms with Crippen molar-refractivity contribution in [3.8, 4) is 5.75 Å². The van der Waals surface area contributed by atoms with Crippen molar-refractivity contribution in [2.24, 2.45) is 0 Å². The molecule has 2 aromatic carbocycles. The van der Waals surface area contributed by atoms with Crippen LogP contribution in [0.4, 0.5) is 0 Å². The number of para-hydroxylation sites is 1. The van der Waals surface area contributed by atoms with Crippen LogP contribution in [0.2, 0.25) is 0 Å². The van der Waals surface area contributed by atoms with Gasteiger partial charge < -0.3 is 15.2 Å². The van der Waals surface area contributed by atoms with E-state index in [0.29, 0.717) is 6.54 Å². The fourth-order valence-electron chi connectivity index (χ4n) is 2.71. The van der Waals surface area contributed by atoms with E-state index in [9.17, 15) is 5.11 Å². The third-order valence-corrected chi connectivity index (χ3v) is 3.90. The quantitative estimate of drug-likeness (QED) is 0.886. The predicted molar refractivity (Wildman–Crippen MR) is 83.3 cm³/mol. The molecule has 0 aliphatic carbocycles. The summed E-state index contributed by atoms with van der Waals surface area (Å²) < 4.78 is 5.91. The second kappa shape index (κ2) is 6.74. The van der Waals surface area contributed by atoms with Crippen molar-refractivity contribution in [1.82, 2.24) is 5.32 Å². The molecule has 2 aromatic rings. The first-order chi connectivity index (χ1) is 10.3. The first-order valence-corrected chi connectivity index (χ1v) is 7.50. The number of ether oxygens (including phenoxy) is 1. The minimum Gasteiger partial charge on any atom is -0.487 e. The lowest BCUT2D eigenvalue weighted by atomic mass is 9.99. The van der Waals surface area contributed by atoms with E-state index in [1.54, 1.807) is 0 Å². The molecule has 0 bridgehead atoms. The van der Waals surface area contributed by atoms with E-state index in [-0.39, 0.29) is 6.10 Å². The smallest absolute Gasteiger partial charge is 0.126 e. The monoisotopic (exact) mass is 283 g/mol. The van der Waals surface area contributed by atoms with Crippen molar-refractivity contribution in [2.75, 3.05) is 6.54 Å². The molecule has 0 spiro atoms. The van der Waals surface area contributed by atoms with Crippen molar-refractivity contribution in [2.45, 2.75) is 31.6 Å². The predicted octanol–water partition coefficient (Wildman–Crippen LogP) is 2.53. The zero-order valence-corrected chi connectivity index (χ0v) is 12.0. The van der Waals surface area contributed by atoms with Crippen molar-refractivity contribution in [1.29, 1.82) is 0 Å². The molecule has 0 aromatic heterocycles. The third-order valence-electron chi connectivity index (χ3n) is 3.90. The summed E-state index contributed by atoms with van der Waals surface area (Å²) in [5, 5.41) is 13.6. The Morgan fingerprint density at radius 1 is 1.10 bits per heavy atom. The summed E-state index contributed by atoms with van der Waals surface area (Å²) in [7, 11) is 0. The molecule has 21 heavy (non-hydrogen) atoms. The summed E-state index contributed by atoms with van der Waals surface area (Å²) in [4.78, 5) is 0. The molecule has 0 fully saturated rings. The van der Waals surface area contributed by atoms with Gasteiger partial charge in [0.1, 0.15) is 18.0 Å². The van der Waals surface area contributed by atoms with Crippen LogP contribution in [0.1, 0.15) is 17.5 Å². The highest BCUT2D eigenvalue weighted by Gasteiger charge is 2.25. The molecule has 2 N–H and O–H groups in total. The van der Waals surface area contributed by atoms with Gasteiger partial charge in [-0.3, -0.25) is 0 Å². The largest absolute Gasteiger partial charge is 0.487 e. The summed E-state index contributed by atoms with van der Waals surface area (Å²) in [6.45, 7) is 1.31. The molecular formula is C18H21NO2. The van der Waals surface area contributed by atoms with Gasteiger partial charge >= 0.3 is 0 Å². The van der Waals surface area contributed by atoms with Gasteiger partial charge in [0.05, 0.1) is 0 Å². The number of benzene rings is 2. The summed E-state index contributed by atoms with van der Waals surface area (Å²) in [5.74, 6) is 0.913.